The largest absolute Gasteiger partial charge is 0.368 e. The number of carbonyl (C=O) groups excluding carboxylic acids is 1. The van der Waals surface area contributed by atoms with Crippen molar-refractivity contribution in [1.29, 1.82) is 0 Å². The van der Waals surface area contributed by atoms with Crippen molar-refractivity contribution < 1.29 is 4.79 Å². The van der Waals surface area contributed by atoms with Gasteiger partial charge in [-0.1, -0.05) is 12.8 Å². The third kappa shape index (κ3) is 2.63. The van der Waals surface area contributed by atoms with Gasteiger partial charge in [0.25, 0.3) is 0 Å². The van der Waals surface area contributed by atoms with Crippen molar-refractivity contribution in [1.82, 2.24) is 9.80 Å². The van der Waals surface area contributed by atoms with Crippen LogP contribution in [0.3, 0.4) is 0 Å². The Morgan fingerprint density at radius 1 is 1.00 bits per heavy atom. The molecular formula is C13H25N3O. The van der Waals surface area contributed by atoms with Crippen LogP contribution in [0, 0.1) is 0 Å². The summed E-state index contributed by atoms with van der Waals surface area (Å²) in [5.41, 5.74) is 5.38. The molecule has 0 bridgehead atoms. The quantitative estimate of drug-likeness (QED) is 0.776. The molecule has 0 aromatic heterocycles. The zero-order valence-electron chi connectivity index (χ0n) is 11.0. The van der Waals surface area contributed by atoms with Crippen LogP contribution in [0.4, 0.5) is 0 Å². The van der Waals surface area contributed by atoms with E-state index in [9.17, 15) is 4.79 Å². The molecule has 1 amide bonds. The van der Waals surface area contributed by atoms with Crippen LogP contribution in [-0.2, 0) is 4.79 Å². The third-order valence-corrected chi connectivity index (χ3v) is 4.48. The summed E-state index contributed by atoms with van der Waals surface area (Å²) in [6.07, 6.45) is 6.82. The Balaban J connectivity index is 2.12. The number of rotatable bonds is 2. The SMILES string of the molecule is CN1CCC(C(N)=O)(N2CCCCCC2)CC1. The number of carbonyl (C=O) groups is 1. The molecule has 0 atom stereocenters. The van der Waals surface area contributed by atoms with Crippen molar-refractivity contribution in [3.05, 3.63) is 0 Å². The van der Waals surface area contributed by atoms with Crippen LogP contribution in [0.15, 0.2) is 0 Å². The molecule has 2 aliphatic heterocycles. The number of nitrogens with two attached hydrogens (primary N) is 1. The lowest BCUT2D eigenvalue weighted by atomic mass is 9.84. The van der Waals surface area contributed by atoms with E-state index in [1.165, 1.54) is 25.7 Å². The Labute approximate surface area is 104 Å². The molecule has 2 rings (SSSR count). The fourth-order valence-electron chi connectivity index (χ4n) is 3.21. The van der Waals surface area contributed by atoms with E-state index in [-0.39, 0.29) is 11.4 Å². The van der Waals surface area contributed by atoms with E-state index in [1.807, 2.05) is 0 Å². The number of hydrogen-bond acceptors (Lipinski definition) is 3. The summed E-state index contributed by atoms with van der Waals surface area (Å²) >= 11 is 0. The van der Waals surface area contributed by atoms with E-state index in [1.54, 1.807) is 0 Å². The first kappa shape index (κ1) is 12.8. The molecule has 4 heteroatoms. The average molecular weight is 239 g/mol. The fraction of sp³-hybridized carbons (Fsp3) is 0.923. The first-order valence-electron chi connectivity index (χ1n) is 6.89. The zero-order chi connectivity index (χ0) is 12.3. The number of likely N-dealkylation sites (tertiary alicyclic amines) is 2. The Kier molecular flexibility index (Phi) is 4.05. The van der Waals surface area contributed by atoms with Crippen LogP contribution in [0.5, 0.6) is 0 Å². The molecule has 0 radical (unpaired) electrons. The van der Waals surface area contributed by atoms with Crippen molar-refractivity contribution in [2.45, 2.75) is 44.1 Å². The minimum absolute atomic E-state index is 0.104. The predicted molar refractivity (Wildman–Crippen MR) is 68.7 cm³/mol. The van der Waals surface area contributed by atoms with Crippen molar-refractivity contribution >= 4 is 5.91 Å². The summed E-state index contributed by atoms with van der Waals surface area (Å²) < 4.78 is 0. The number of nitrogens with zero attached hydrogens (tertiary/aromatic N) is 2. The highest BCUT2D eigenvalue weighted by atomic mass is 16.1. The molecule has 2 saturated heterocycles. The van der Waals surface area contributed by atoms with Crippen molar-refractivity contribution in [2.75, 3.05) is 33.2 Å². The predicted octanol–water partition coefficient (Wildman–Crippen LogP) is 0.812. The lowest BCUT2D eigenvalue weighted by Gasteiger charge is -2.45. The molecule has 0 aliphatic carbocycles. The Hall–Kier alpha value is -0.610. The van der Waals surface area contributed by atoms with Crippen LogP contribution in [0.25, 0.3) is 0 Å². The monoisotopic (exact) mass is 239 g/mol. The maximum atomic E-state index is 12.0. The van der Waals surface area contributed by atoms with E-state index in [0.29, 0.717) is 0 Å². The van der Waals surface area contributed by atoms with Gasteiger partial charge in [0.05, 0.1) is 0 Å². The van der Waals surface area contributed by atoms with Gasteiger partial charge in [-0.05, 0) is 45.8 Å². The highest BCUT2D eigenvalue weighted by molar-refractivity contribution is 5.84. The first-order valence-corrected chi connectivity index (χ1v) is 6.89. The molecule has 0 saturated carbocycles. The molecule has 2 N–H and O–H groups in total. The summed E-state index contributed by atoms with van der Waals surface area (Å²) in [6, 6.07) is 0. The van der Waals surface area contributed by atoms with E-state index >= 15 is 0 Å². The van der Waals surface area contributed by atoms with Crippen LogP contribution in [0.2, 0.25) is 0 Å². The maximum Gasteiger partial charge on any atom is 0.238 e. The van der Waals surface area contributed by atoms with Crippen LogP contribution >= 0.6 is 0 Å². The van der Waals surface area contributed by atoms with E-state index in [0.717, 1.165) is 39.0 Å². The highest BCUT2D eigenvalue weighted by Crippen LogP contribution is 2.30. The van der Waals surface area contributed by atoms with Gasteiger partial charge in [0.1, 0.15) is 5.54 Å². The van der Waals surface area contributed by atoms with Gasteiger partial charge >= 0.3 is 0 Å². The molecule has 0 aromatic carbocycles. The van der Waals surface area contributed by atoms with E-state index in [2.05, 4.69) is 16.8 Å². The number of hydrogen-bond donors (Lipinski definition) is 1. The highest BCUT2D eigenvalue weighted by Gasteiger charge is 2.44. The summed E-state index contributed by atoms with van der Waals surface area (Å²) in [4.78, 5) is 16.6. The molecule has 2 aliphatic rings. The molecule has 98 valence electrons. The Morgan fingerprint density at radius 2 is 1.53 bits per heavy atom. The van der Waals surface area contributed by atoms with Crippen LogP contribution in [-0.4, -0.2) is 54.5 Å². The minimum atomic E-state index is -0.350. The molecule has 4 nitrogen and oxygen atoms in total. The topological polar surface area (TPSA) is 49.6 Å². The standard InChI is InChI=1S/C13H25N3O/c1-15-10-6-13(7-11-15,12(14)17)16-8-4-2-3-5-9-16/h2-11H2,1H3,(H2,14,17). The number of piperidine rings is 1. The van der Waals surface area contributed by atoms with Crippen molar-refractivity contribution in [3.63, 3.8) is 0 Å². The Morgan fingerprint density at radius 3 is 2.00 bits per heavy atom. The van der Waals surface area contributed by atoms with Crippen LogP contribution < -0.4 is 5.73 Å². The molecular weight excluding hydrogens is 214 g/mol. The van der Waals surface area contributed by atoms with Gasteiger partial charge < -0.3 is 10.6 Å². The summed E-state index contributed by atoms with van der Waals surface area (Å²) in [6.45, 7) is 4.07. The fourth-order valence-corrected chi connectivity index (χ4v) is 3.21. The smallest absolute Gasteiger partial charge is 0.238 e. The average Bonchev–Trinajstić information content (AvgIpc) is 2.59. The second-order valence-corrected chi connectivity index (χ2v) is 5.60. The third-order valence-electron chi connectivity index (χ3n) is 4.48. The van der Waals surface area contributed by atoms with Gasteiger partial charge in [-0.25, -0.2) is 0 Å². The molecule has 0 unspecified atom stereocenters. The van der Waals surface area contributed by atoms with E-state index in [4.69, 9.17) is 5.73 Å². The second kappa shape index (κ2) is 5.36. The van der Waals surface area contributed by atoms with Gasteiger partial charge in [0, 0.05) is 13.1 Å². The van der Waals surface area contributed by atoms with Crippen molar-refractivity contribution in [2.24, 2.45) is 5.73 Å². The van der Waals surface area contributed by atoms with Gasteiger partial charge in [-0.15, -0.1) is 0 Å². The van der Waals surface area contributed by atoms with Crippen LogP contribution in [0.1, 0.15) is 38.5 Å². The summed E-state index contributed by atoms with van der Waals surface area (Å²) in [5, 5.41) is 0. The zero-order valence-corrected chi connectivity index (χ0v) is 11.0. The van der Waals surface area contributed by atoms with Gasteiger partial charge in [-0.2, -0.15) is 0 Å². The molecule has 0 aromatic rings. The van der Waals surface area contributed by atoms with Gasteiger partial charge in [-0.3, -0.25) is 9.69 Å². The first-order chi connectivity index (χ1) is 8.15. The van der Waals surface area contributed by atoms with Crippen molar-refractivity contribution in [3.8, 4) is 0 Å². The lowest BCUT2D eigenvalue weighted by molar-refractivity contribution is -0.133. The molecule has 2 fully saturated rings. The summed E-state index contributed by atoms with van der Waals surface area (Å²) in [5.74, 6) is -0.104. The molecule has 17 heavy (non-hydrogen) atoms. The second-order valence-electron chi connectivity index (χ2n) is 5.60. The minimum Gasteiger partial charge on any atom is -0.368 e. The van der Waals surface area contributed by atoms with Gasteiger partial charge in [0.15, 0.2) is 0 Å². The number of primary amides is 1. The van der Waals surface area contributed by atoms with Gasteiger partial charge in [0.2, 0.25) is 5.91 Å². The maximum absolute atomic E-state index is 12.0. The normalized spacial score (nSPS) is 27.6. The number of amides is 1. The molecule has 2 heterocycles. The lowest BCUT2D eigenvalue weighted by Crippen LogP contribution is -2.62. The summed E-state index contributed by atoms with van der Waals surface area (Å²) in [7, 11) is 2.12. The molecule has 0 spiro atoms. The van der Waals surface area contributed by atoms with E-state index < -0.39 is 0 Å². The Bertz CT molecular complexity index is 264.